The number of anilines is 3. The molecule has 11 aromatic rings. The summed E-state index contributed by atoms with van der Waals surface area (Å²) in [6, 6.07) is 80.9. The molecule has 1 heterocycles. The molecule has 1 atom stereocenters. The maximum Gasteiger partial charge on any atom is 0.159 e. The van der Waals surface area contributed by atoms with E-state index in [1.54, 1.807) is 0 Å². The van der Waals surface area contributed by atoms with E-state index in [-0.39, 0.29) is 16.2 Å². The van der Waals surface area contributed by atoms with Gasteiger partial charge in [-0.25, -0.2) is 0 Å². The molecule has 10 aromatic carbocycles. The molecule has 0 saturated heterocycles. The van der Waals surface area contributed by atoms with Gasteiger partial charge < -0.3 is 9.32 Å². The van der Waals surface area contributed by atoms with Gasteiger partial charge in [0, 0.05) is 27.3 Å². The van der Waals surface area contributed by atoms with Gasteiger partial charge in [-0.15, -0.1) is 0 Å². The third-order valence-electron chi connectivity index (χ3n) is 15.1. The van der Waals surface area contributed by atoms with E-state index in [1.165, 1.54) is 66.4 Å². The third-order valence-corrected chi connectivity index (χ3v) is 15.1. The first kappa shape index (κ1) is 43.3. The summed E-state index contributed by atoms with van der Waals surface area (Å²) in [6.07, 6.45) is 0. The summed E-state index contributed by atoms with van der Waals surface area (Å²) in [5.74, 6) is 0. The lowest BCUT2D eigenvalue weighted by Crippen LogP contribution is -2.22. The zero-order valence-electron chi connectivity index (χ0n) is 41.1. The van der Waals surface area contributed by atoms with Gasteiger partial charge in [0.25, 0.3) is 0 Å². The summed E-state index contributed by atoms with van der Waals surface area (Å²) in [6.45, 7) is 16.3. The first-order chi connectivity index (χ1) is 33.9. The minimum absolute atomic E-state index is 0.0232. The molecule has 1 aliphatic rings. The largest absolute Gasteiger partial charge is 0.454 e. The monoisotopic (exact) mass is 903 g/mol. The number of para-hydroxylation sites is 4. The van der Waals surface area contributed by atoms with E-state index in [0.29, 0.717) is 0 Å². The second-order valence-corrected chi connectivity index (χ2v) is 21.4. The molecule has 340 valence electrons. The average Bonchev–Trinajstić information content (AvgIpc) is 3.89. The van der Waals surface area contributed by atoms with Gasteiger partial charge in [0.1, 0.15) is 5.58 Å². The summed E-state index contributed by atoms with van der Waals surface area (Å²) in [7, 11) is 0. The second-order valence-electron chi connectivity index (χ2n) is 21.4. The molecule has 0 spiro atoms. The molecular formula is C68H57NO. The number of hydrogen-bond donors (Lipinski definition) is 0. The number of benzene rings is 10. The highest BCUT2D eigenvalue weighted by Crippen LogP contribution is 2.55. The van der Waals surface area contributed by atoms with Crippen molar-refractivity contribution in [1.29, 1.82) is 0 Å². The van der Waals surface area contributed by atoms with Gasteiger partial charge in [0.2, 0.25) is 0 Å². The maximum absolute atomic E-state index is 6.95. The van der Waals surface area contributed by atoms with E-state index in [2.05, 4.69) is 272 Å². The van der Waals surface area contributed by atoms with Crippen molar-refractivity contribution in [1.82, 2.24) is 0 Å². The molecule has 0 amide bonds. The van der Waals surface area contributed by atoms with Crippen molar-refractivity contribution in [3.63, 3.8) is 0 Å². The molecule has 0 N–H and O–H groups in total. The fourth-order valence-corrected chi connectivity index (χ4v) is 11.3. The molecule has 2 heteroatoms. The van der Waals surface area contributed by atoms with Crippen LogP contribution in [0, 0.1) is 0 Å². The highest BCUT2D eigenvalue weighted by atomic mass is 16.3. The first-order valence-electron chi connectivity index (χ1n) is 24.8. The fourth-order valence-electron chi connectivity index (χ4n) is 11.3. The van der Waals surface area contributed by atoms with Crippen molar-refractivity contribution in [3.05, 3.63) is 246 Å². The van der Waals surface area contributed by atoms with E-state index < -0.39 is 0 Å². The molecule has 12 rings (SSSR count). The van der Waals surface area contributed by atoms with Gasteiger partial charge in [0.15, 0.2) is 5.58 Å². The van der Waals surface area contributed by atoms with E-state index in [4.69, 9.17) is 4.42 Å². The lowest BCUT2D eigenvalue weighted by molar-refractivity contribution is 0.569. The molecule has 2 nitrogen and oxygen atoms in total. The smallest absolute Gasteiger partial charge is 0.159 e. The highest BCUT2D eigenvalue weighted by Gasteiger charge is 2.41. The van der Waals surface area contributed by atoms with Crippen LogP contribution < -0.4 is 4.90 Å². The maximum atomic E-state index is 6.95. The highest BCUT2D eigenvalue weighted by molar-refractivity contribution is 6.13. The van der Waals surface area contributed by atoms with Crippen molar-refractivity contribution in [2.24, 2.45) is 0 Å². The standard InChI is InChI=1S/C68H57NO/c1-66(2,3)48-40-46(41-49(43-48)67(4,5)6)51-30-19-22-44-23-20-31-56(64(44)51)54-28-13-17-35-61(54)69(62-36-21-32-57-55-29-14-18-37-63(55)70-65(57)62)60-34-16-12-26-50(60)45-38-39-53-52-27-11-15-33-58(52)68(7,59(53)42-45)47-24-9-8-10-25-47/h8-43H,1-7H3. The Hall–Kier alpha value is -7.94. The third kappa shape index (κ3) is 6.99. The number of rotatable bonds is 7. The lowest BCUT2D eigenvalue weighted by Gasteiger charge is -2.31. The molecule has 0 saturated carbocycles. The quantitative estimate of drug-likeness (QED) is 0.158. The predicted molar refractivity (Wildman–Crippen MR) is 297 cm³/mol. The van der Waals surface area contributed by atoms with Crippen molar-refractivity contribution in [2.75, 3.05) is 4.90 Å². The second kappa shape index (κ2) is 16.4. The minimum atomic E-state index is -0.337. The van der Waals surface area contributed by atoms with Crippen LogP contribution >= 0.6 is 0 Å². The molecule has 0 aliphatic heterocycles. The summed E-state index contributed by atoms with van der Waals surface area (Å²) < 4.78 is 6.95. The topological polar surface area (TPSA) is 16.4 Å². The minimum Gasteiger partial charge on any atom is -0.454 e. The SMILES string of the molecule is CC(C)(C)c1cc(-c2cccc3cccc(-c4ccccc4N(c4ccccc4-c4ccc5c(c4)C(C)(c4ccccc4)c4ccccc4-5)c4cccc5c4oc4ccccc45)c23)cc(C(C)(C)C)c1. The van der Waals surface area contributed by atoms with Crippen LogP contribution in [0.2, 0.25) is 0 Å². The van der Waals surface area contributed by atoms with Gasteiger partial charge in [-0.3, -0.25) is 0 Å². The van der Waals surface area contributed by atoms with Gasteiger partial charge in [-0.1, -0.05) is 230 Å². The van der Waals surface area contributed by atoms with Gasteiger partial charge in [-0.05, 0) is 120 Å². The van der Waals surface area contributed by atoms with Crippen molar-refractivity contribution >= 4 is 49.8 Å². The normalized spacial score (nSPS) is 14.6. The molecule has 1 aliphatic carbocycles. The predicted octanol–water partition coefficient (Wildman–Crippen LogP) is 19.1. The zero-order valence-corrected chi connectivity index (χ0v) is 41.1. The molecule has 1 aromatic heterocycles. The molecule has 0 radical (unpaired) electrons. The van der Waals surface area contributed by atoms with Gasteiger partial charge >= 0.3 is 0 Å². The van der Waals surface area contributed by atoms with Crippen LogP contribution in [0.5, 0.6) is 0 Å². The fraction of sp³-hybridized carbons (Fsp3) is 0.147. The lowest BCUT2D eigenvalue weighted by atomic mass is 9.74. The van der Waals surface area contributed by atoms with E-state index in [9.17, 15) is 0 Å². The summed E-state index contributed by atoms with van der Waals surface area (Å²) in [5, 5.41) is 4.63. The van der Waals surface area contributed by atoms with Crippen LogP contribution in [0.1, 0.15) is 76.3 Å². The van der Waals surface area contributed by atoms with E-state index in [0.717, 1.165) is 55.7 Å². The molecule has 1 unspecified atom stereocenters. The van der Waals surface area contributed by atoms with Crippen LogP contribution in [0.15, 0.2) is 223 Å². The molecular weight excluding hydrogens is 847 g/mol. The number of hydrogen-bond acceptors (Lipinski definition) is 2. The van der Waals surface area contributed by atoms with Crippen LogP contribution in [-0.4, -0.2) is 0 Å². The zero-order chi connectivity index (χ0) is 47.9. The van der Waals surface area contributed by atoms with Crippen molar-refractivity contribution in [2.45, 2.75) is 64.7 Å². The molecule has 70 heavy (non-hydrogen) atoms. The summed E-state index contributed by atoms with van der Waals surface area (Å²) in [5.41, 5.74) is 20.7. The van der Waals surface area contributed by atoms with E-state index >= 15 is 0 Å². The van der Waals surface area contributed by atoms with Crippen LogP contribution in [0.4, 0.5) is 17.1 Å². The number of fused-ring (bicyclic) bond motifs is 7. The average molecular weight is 904 g/mol. The van der Waals surface area contributed by atoms with Gasteiger partial charge in [-0.2, -0.15) is 0 Å². The van der Waals surface area contributed by atoms with Crippen LogP contribution in [0.25, 0.3) is 77.2 Å². The Morgan fingerprint density at radius 2 is 0.929 bits per heavy atom. The Kier molecular flexibility index (Phi) is 10.1. The summed E-state index contributed by atoms with van der Waals surface area (Å²) >= 11 is 0. The Morgan fingerprint density at radius 1 is 0.386 bits per heavy atom. The number of nitrogens with zero attached hydrogens (tertiary/aromatic N) is 1. The van der Waals surface area contributed by atoms with Crippen molar-refractivity contribution in [3.8, 4) is 44.5 Å². The van der Waals surface area contributed by atoms with Crippen LogP contribution in [0.3, 0.4) is 0 Å². The number of furan rings is 1. The van der Waals surface area contributed by atoms with Crippen molar-refractivity contribution < 1.29 is 4.42 Å². The summed E-state index contributed by atoms with van der Waals surface area (Å²) in [4.78, 5) is 2.47. The molecule has 0 fully saturated rings. The Morgan fingerprint density at radius 3 is 1.66 bits per heavy atom. The first-order valence-corrected chi connectivity index (χ1v) is 24.8. The van der Waals surface area contributed by atoms with Crippen LogP contribution in [-0.2, 0) is 16.2 Å². The Bertz CT molecular complexity index is 3780. The van der Waals surface area contributed by atoms with Gasteiger partial charge in [0.05, 0.1) is 17.1 Å². The van der Waals surface area contributed by atoms with E-state index in [1.807, 2.05) is 0 Å². The Balaban J connectivity index is 1.12. The Labute approximate surface area is 412 Å². The molecule has 0 bridgehead atoms.